The molecular formula is C16H31N. The van der Waals surface area contributed by atoms with E-state index in [1.165, 1.54) is 38.6 Å². The molecule has 1 heteroatoms. The molecule has 0 aliphatic heterocycles. The molecule has 1 N–H and O–H groups in total. The summed E-state index contributed by atoms with van der Waals surface area (Å²) in [5.74, 6) is 5.03. The molecule has 0 aromatic heterocycles. The lowest BCUT2D eigenvalue weighted by molar-refractivity contribution is 0.0488. The second kappa shape index (κ2) is 5.73. The fraction of sp³-hybridized carbons (Fsp3) is 1.00. The normalized spacial score (nSPS) is 42.5. The highest BCUT2D eigenvalue weighted by atomic mass is 14.9. The molecule has 2 rings (SSSR count). The van der Waals surface area contributed by atoms with E-state index in [9.17, 15) is 0 Å². The van der Waals surface area contributed by atoms with Gasteiger partial charge >= 0.3 is 0 Å². The fourth-order valence-corrected chi connectivity index (χ4v) is 4.21. The molecule has 0 heterocycles. The molecule has 2 aliphatic rings. The Balaban J connectivity index is 1.81. The van der Waals surface area contributed by atoms with Crippen LogP contribution in [0, 0.1) is 29.6 Å². The van der Waals surface area contributed by atoms with Gasteiger partial charge in [-0.3, -0.25) is 0 Å². The van der Waals surface area contributed by atoms with Crippen molar-refractivity contribution in [2.24, 2.45) is 29.6 Å². The summed E-state index contributed by atoms with van der Waals surface area (Å²) in [6.07, 6.45) is 7.47. The average Bonchev–Trinajstić information content (AvgIpc) is 2.13. The number of rotatable bonds is 4. The van der Waals surface area contributed by atoms with E-state index in [2.05, 4.69) is 33.0 Å². The lowest BCUT2D eigenvalue weighted by Crippen LogP contribution is -2.42. The highest BCUT2D eigenvalue weighted by molar-refractivity contribution is 4.90. The van der Waals surface area contributed by atoms with Gasteiger partial charge in [0.1, 0.15) is 0 Å². The lowest BCUT2D eigenvalue weighted by atomic mass is 9.60. The third-order valence-corrected chi connectivity index (χ3v) is 5.09. The predicted octanol–water partition coefficient (Wildman–Crippen LogP) is 4.08. The van der Waals surface area contributed by atoms with E-state index < -0.39 is 0 Å². The average molecular weight is 237 g/mol. The first-order chi connectivity index (χ1) is 8.06. The topological polar surface area (TPSA) is 12.0 Å². The summed E-state index contributed by atoms with van der Waals surface area (Å²) >= 11 is 0. The van der Waals surface area contributed by atoms with E-state index in [0.717, 1.165) is 29.6 Å². The summed E-state index contributed by atoms with van der Waals surface area (Å²) in [5.41, 5.74) is 0. The molecule has 2 saturated carbocycles. The Hall–Kier alpha value is -0.0400. The van der Waals surface area contributed by atoms with Crippen LogP contribution in [-0.4, -0.2) is 12.6 Å². The molecule has 0 aromatic rings. The third kappa shape index (κ3) is 3.47. The van der Waals surface area contributed by atoms with Gasteiger partial charge in [0.15, 0.2) is 0 Å². The summed E-state index contributed by atoms with van der Waals surface area (Å²) < 4.78 is 0. The van der Waals surface area contributed by atoms with E-state index in [-0.39, 0.29) is 0 Å². The molecule has 2 aliphatic carbocycles. The Labute approximate surface area is 108 Å². The zero-order valence-corrected chi connectivity index (χ0v) is 12.2. The SMILES string of the molecule is CC1CC(C)CC(C2CCC2CNC(C)C)C1. The highest BCUT2D eigenvalue weighted by Gasteiger charge is 2.39. The van der Waals surface area contributed by atoms with Crippen molar-refractivity contribution in [3.05, 3.63) is 0 Å². The summed E-state index contributed by atoms with van der Waals surface area (Å²) in [4.78, 5) is 0. The minimum atomic E-state index is 0.653. The molecule has 17 heavy (non-hydrogen) atoms. The van der Waals surface area contributed by atoms with Crippen molar-refractivity contribution in [1.82, 2.24) is 5.32 Å². The van der Waals surface area contributed by atoms with Gasteiger partial charge in [-0.2, -0.15) is 0 Å². The summed E-state index contributed by atoms with van der Waals surface area (Å²) in [6.45, 7) is 10.7. The fourth-order valence-electron chi connectivity index (χ4n) is 4.21. The third-order valence-electron chi connectivity index (χ3n) is 5.09. The van der Waals surface area contributed by atoms with Gasteiger partial charge in [-0.1, -0.05) is 27.7 Å². The van der Waals surface area contributed by atoms with Crippen molar-refractivity contribution >= 4 is 0 Å². The summed E-state index contributed by atoms with van der Waals surface area (Å²) in [6, 6.07) is 0.653. The molecule has 0 spiro atoms. The first kappa shape index (κ1) is 13.4. The molecule has 100 valence electrons. The minimum absolute atomic E-state index is 0.653. The Morgan fingerprint density at radius 2 is 1.65 bits per heavy atom. The van der Waals surface area contributed by atoms with Gasteiger partial charge in [0.05, 0.1) is 0 Å². The molecular weight excluding hydrogens is 206 g/mol. The predicted molar refractivity (Wildman–Crippen MR) is 75.0 cm³/mol. The van der Waals surface area contributed by atoms with Crippen molar-refractivity contribution in [1.29, 1.82) is 0 Å². The maximum Gasteiger partial charge on any atom is 0.00104 e. The second-order valence-electron chi connectivity index (χ2n) is 7.24. The van der Waals surface area contributed by atoms with Crippen LogP contribution in [0.25, 0.3) is 0 Å². The molecule has 0 aromatic carbocycles. The highest BCUT2D eigenvalue weighted by Crippen LogP contribution is 2.47. The van der Waals surface area contributed by atoms with Crippen LogP contribution in [0.2, 0.25) is 0 Å². The van der Waals surface area contributed by atoms with E-state index >= 15 is 0 Å². The molecule has 0 saturated heterocycles. The number of hydrogen-bond donors (Lipinski definition) is 1. The monoisotopic (exact) mass is 237 g/mol. The molecule has 1 nitrogen and oxygen atoms in total. The molecule has 0 bridgehead atoms. The van der Waals surface area contributed by atoms with Crippen LogP contribution < -0.4 is 5.32 Å². The van der Waals surface area contributed by atoms with E-state index in [1.807, 2.05) is 0 Å². The minimum Gasteiger partial charge on any atom is -0.314 e. The van der Waals surface area contributed by atoms with Crippen LogP contribution in [0.15, 0.2) is 0 Å². The molecule has 2 fully saturated rings. The first-order valence-corrected chi connectivity index (χ1v) is 7.79. The summed E-state index contributed by atoms with van der Waals surface area (Å²) in [7, 11) is 0. The van der Waals surface area contributed by atoms with Crippen molar-refractivity contribution < 1.29 is 0 Å². The van der Waals surface area contributed by atoms with Gasteiger partial charge < -0.3 is 5.32 Å². The largest absolute Gasteiger partial charge is 0.314 e. The standard InChI is InChI=1S/C16H31N/c1-11(2)17-10-14-5-6-16(14)15-8-12(3)7-13(4)9-15/h11-17H,5-10H2,1-4H3. The van der Waals surface area contributed by atoms with Crippen molar-refractivity contribution in [3.63, 3.8) is 0 Å². The van der Waals surface area contributed by atoms with Crippen LogP contribution in [0.4, 0.5) is 0 Å². The zero-order valence-electron chi connectivity index (χ0n) is 12.2. The van der Waals surface area contributed by atoms with Crippen molar-refractivity contribution in [2.45, 2.75) is 65.8 Å². The van der Waals surface area contributed by atoms with Crippen LogP contribution in [0.1, 0.15) is 59.8 Å². The van der Waals surface area contributed by atoms with E-state index in [4.69, 9.17) is 0 Å². The van der Waals surface area contributed by atoms with Gasteiger partial charge in [0, 0.05) is 6.04 Å². The Morgan fingerprint density at radius 1 is 1.00 bits per heavy atom. The van der Waals surface area contributed by atoms with Gasteiger partial charge in [-0.15, -0.1) is 0 Å². The van der Waals surface area contributed by atoms with Gasteiger partial charge in [-0.05, 0) is 68.2 Å². The van der Waals surface area contributed by atoms with E-state index in [1.54, 1.807) is 0 Å². The van der Waals surface area contributed by atoms with Crippen LogP contribution in [0.3, 0.4) is 0 Å². The molecule has 4 unspecified atom stereocenters. The molecule has 4 atom stereocenters. The van der Waals surface area contributed by atoms with Gasteiger partial charge in [0.2, 0.25) is 0 Å². The lowest BCUT2D eigenvalue weighted by Gasteiger charge is -2.46. The van der Waals surface area contributed by atoms with Crippen LogP contribution in [0.5, 0.6) is 0 Å². The maximum atomic E-state index is 3.64. The second-order valence-corrected chi connectivity index (χ2v) is 7.24. The molecule has 0 amide bonds. The van der Waals surface area contributed by atoms with Crippen molar-refractivity contribution in [2.75, 3.05) is 6.54 Å². The van der Waals surface area contributed by atoms with E-state index in [0.29, 0.717) is 6.04 Å². The number of nitrogens with one attached hydrogen (secondary N) is 1. The maximum absolute atomic E-state index is 3.64. The quantitative estimate of drug-likeness (QED) is 0.777. The smallest absolute Gasteiger partial charge is 0.00104 e. The van der Waals surface area contributed by atoms with Crippen LogP contribution >= 0.6 is 0 Å². The Kier molecular flexibility index (Phi) is 4.52. The van der Waals surface area contributed by atoms with Gasteiger partial charge in [0.25, 0.3) is 0 Å². The summed E-state index contributed by atoms with van der Waals surface area (Å²) in [5, 5.41) is 3.64. The first-order valence-electron chi connectivity index (χ1n) is 7.79. The van der Waals surface area contributed by atoms with Gasteiger partial charge in [-0.25, -0.2) is 0 Å². The zero-order chi connectivity index (χ0) is 12.4. The van der Waals surface area contributed by atoms with Crippen molar-refractivity contribution in [3.8, 4) is 0 Å². The number of hydrogen-bond acceptors (Lipinski definition) is 1. The van der Waals surface area contributed by atoms with Crippen LogP contribution in [-0.2, 0) is 0 Å². The molecule has 0 radical (unpaired) electrons. The Bertz CT molecular complexity index is 226. The Morgan fingerprint density at radius 3 is 2.12 bits per heavy atom.